The van der Waals surface area contributed by atoms with Gasteiger partial charge < -0.3 is 5.32 Å². The fraction of sp³-hybridized carbons (Fsp3) is 0. The Balaban J connectivity index is 1.93. The minimum absolute atomic E-state index is 0.796. The van der Waals surface area contributed by atoms with Gasteiger partial charge in [-0.1, -0.05) is 40.2 Å². The molecule has 4 heteroatoms. The van der Waals surface area contributed by atoms with Crippen LogP contribution in [0.25, 0.3) is 5.69 Å². The van der Waals surface area contributed by atoms with Crippen molar-refractivity contribution in [3.8, 4) is 5.69 Å². The predicted molar refractivity (Wildman–Crippen MR) is 81.0 cm³/mol. The van der Waals surface area contributed by atoms with E-state index in [-0.39, 0.29) is 0 Å². The highest BCUT2D eigenvalue weighted by molar-refractivity contribution is 9.10. The van der Waals surface area contributed by atoms with Gasteiger partial charge in [0.2, 0.25) is 5.95 Å². The summed E-state index contributed by atoms with van der Waals surface area (Å²) < 4.78 is 3.05. The van der Waals surface area contributed by atoms with Crippen LogP contribution in [0.4, 0.5) is 11.6 Å². The molecule has 0 spiro atoms. The average Bonchev–Trinajstić information content (AvgIpc) is 2.88. The van der Waals surface area contributed by atoms with Crippen LogP contribution in [0.15, 0.2) is 71.5 Å². The molecular formula is C15H12BrN3. The summed E-state index contributed by atoms with van der Waals surface area (Å²) >= 11 is 3.46. The highest BCUT2D eigenvalue weighted by atomic mass is 79.9. The topological polar surface area (TPSA) is 29.9 Å². The fourth-order valence-corrected chi connectivity index (χ4v) is 2.29. The Morgan fingerprint density at radius 2 is 1.84 bits per heavy atom. The number of benzene rings is 2. The number of anilines is 2. The molecule has 3 aromatic rings. The van der Waals surface area contributed by atoms with Crippen LogP contribution in [0.2, 0.25) is 0 Å². The lowest BCUT2D eigenvalue weighted by Crippen LogP contribution is -2.00. The van der Waals surface area contributed by atoms with E-state index in [0.29, 0.717) is 0 Å². The van der Waals surface area contributed by atoms with Crippen molar-refractivity contribution < 1.29 is 0 Å². The van der Waals surface area contributed by atoms with Gasteiger partial charge in [-0.05, 0) is 30.3 Å². The maximum Gasteiger partial charge on any atom is 0.212 e. The van der Waals surface area contributed by atoms with Crippen LogP contribution >= 0.6 is 15.9 Å². The summed E-state index contributed by atoms with van der Waals surface area (Å²) in [7, 11) is 0. The molecule has 0 aliphatic heterocycles. The van der Waals surface area contributed by atoms with Gasteiger partial charge in [-0.2, -0.15) is 0 Å². The molecule has 0 aliphatic carbocycles. The van der Waals surface area contributed by atoms with Crippen molar-refractivity contribution in [2.75, 3.05) is 5.32 Å². The molecular weight excluding hydrogens is 302 g/mol. The van der Waals surface area contributed by atoms with Gasteiger partial charge in [0.25, 0.3) is 0 Å². The second-order valence-electron chi connectivity index (χ2n) is 4.09. The van der Waals surface area contributed by atoms with E-state index in [1.54, 1.807) is 6.20 Å². The van der Waals surface area contributed by atoms with Gasteiger partial charge in [-0.15, -0.1) is 0 Å². The minimum atomic E-state index is 0.796. The predicted octanol–water partition coefficient (Wildman–Crippen LogP) is 4.38. The number of imidazole rings is 1. The van der Waals surface area contributed by atoms with Crippen molar-refractivity contribution in [3.63, 3.8) is 0 Å². The maximum atomic E-state index is 4.35. The average molecular weight is 314 g/mol. The maximum absolute atomic E-state index is 4.35. The van der Waals surface area contributed by atoms with Crippen LogP contribution in [-0.4, -0.2) is 9.55 Å². The molecule has 94 valence electrons. The number of hydrogen-bond donors (Lipinski definition) is 1. The monoisotopic (exact) mass is 313 g/mol. The van der Waals surface area contributed by atoms with Crippen molar-refractivity contribution in [1.82, 2.24) is 9.55 Å². The largest absolute Gasteiger partial charge is 0.325 e. The Bertz CT molecular complexity index is 677. The molecule has 0 radical (unpaired) electrons. The standard InChI is InChI=1S/C15H12BrN3/c16-12-5-4-6-13(11-12)18-15-17-9-10-19(15)14-7-2-1-3-8-14/h1-11H,(H,17,18). The quantitative estimate of drug-likeness (QED) is 0.777. The molecule has 0 unspecified atom stereocenters. The summed E-state index contributed by atoms with van der Waals surface area (Å²) in [5.74, 6) is 0.796. The van der Waals surface area contributed by atoms with Crippen molar-refractivity contribution >= 4 is 27.6 Å². The molecule has 0 bridgehead atoms. The zero-order chi connectivity index (χ0) is 13.1. The summed E-state index contributed by atoms with van der Waals surface area (Å²) in [4.78, 5) is 4.35. The Hall–Kier alpha value is -2.07. The third kappa shape index (κ3) is 2.69. The number of hydrogen-bond acceptors (Lipinski definition) is 2. The summed E-state index contributed by atoms with van der Waals surface area (Å²) in [6.45, 7) is 0. The second-order valence-corrected chi connectivity index (χ2v) is 5.01. The van der Waals surface area contributed by atoms with E-state index >= 15 is 0 Å². The number of rotatable bonds is 3. The van der Waals surface area contributed by atoms with E-state index in [4.69, 9.17) is 0 Å². The SMILES string of the molecule is Brc1cccc(Nc2nccn2-c2ccccc2)c1. The van der Waals surface area contributed by atoms with Crippen LogP contribution in [0.5, 0.6) is 0 Å². The second kappa shape index (κ2) is 5.28. The molecule has 19 heavy (non-hydrogen) atoms. The molecule has 3 nitrogen and oxygen atoms in total. The van der Waals surface area contributed by atoms with Crippen LogP contribution in [0.3, 0.4) is 0 Å². The molecule has 1 aromatic heterocycles. The first kappa shape index (κ1) is 12.0. The molecule has 2 aromatic carbocycles. The number of halogens is 1. The number of aromatic nitrogens is 2. The Morgan fingerprint density at radius 3 is 2.63 bits per heavy atom. The van der Waals surface area contributed by atoms with Crippen molar-refractivity contribution in [2.24, 2.45) is 0 Å². The van der Waals surface area contributed by atoms with Gasteiger partial charge in [0, 0.05) is 28.2 Å². The van der Waals surface area contributed by atoms with Crippen molar-refractivity contribution in [2.45, 2.75) is 0 Å². The first-order chi connectivity index (χ1) is 9.33. The number of nitrogens with one attached hydrogen (secondary N) is 1. The first-order valence-electron chi connectivity index (χ1n) is 5.94. The lowest BCUT2D eigenvalue weighted by atomic mass is 10.3. The van der Waals surface area contributed by atoms with E-state index < -0.39 is 0 Å². The Labute approximate surface area is 120 Å². The molecule has 0 saturated heterocycles. The number of para-hydroxylation sites is 1. The van der Waals surface area contributed by atoms with Crippen molar-refractivity contribution in [1.29, 1.82) is 0 Å². The third-order valence-corrected chi connectivity index (χ3v) is 3.25. The van der Waals surface area contributed by atoms with Gasteiger partial charge in [-0.3, -0.25) is 4.57 Å². The molecule has 0 atom stereocenters. The van der Waals surface area contributed by atoms with E-state index in [9.17, 15) is 0 Å². The highest BCUT2D eigenvalue weighted by Gasteiger charge is 2.04. The molecule has 1 N–H and O–H groups in total. The van der Waals surface area contributed by atoms with Gasteiger partial charge in [0.05, 0.1) is 0 Å². The minimum Gasteiger partial charge on any atom is -0.325 e. The lowest BCUT2D eigenvalue weighted by Gasteiger charge is -2.10. The first-order valence-corrected chi connectivity index (χ1v) is 6.73. The zero-order valence-corrected chi connectivity index (χ0v) is 11.7. The van der Waals surface area contributed by atoms with Crippen LogP contribution in [-0.2, 0) is 0 Å². The summed E-state index contributed by atoms with van der Waals surface area (Å²) in [6, 6.07) is 18.1. The van der Waals surface area contributed by atoms with Crippen LogP contribution in [0, 0.1) is 0 Å². The molecule has 0 fully saturated rings. The molecule has 1 heterocycles. The zero-order valence-electron chi connectivity index (χ0n) is 10.1. The summed E-state index contributed by atoms with van der Waals surface area (Å²) in [5, 5.41) is 3.31. The molecule has 0 saturated carbocycles. The number of nitrogens with zero attached hydrogens (tertiary/aromatic N) is 2. The lowest BCUT2D eigenvalue weighted by molar-refractivity contribution is 1.06. The van der Waals surface area contributed by atoms with Gasteiger partial charge in [0.1, 0.15) is 0 Å². The van der Waals surface area contributed by atoms with Gasteiger partial charge in [-0.25, -0.2) is 4.98 Å². The Morgan fingerprint density at radius 1 is 1.00 bits per heavy atom. The van der Waals surface area contributed by atoms with E-state index in [1.165, 1.54) is 0 Å². The molecule has 0 amide bonds. The fourth-order valence-electron chi connectivity index (χ4n) is 1.89. The smallest absolute Gasteiger partial charge is 0.212 e. The highest BCUT2D eigenvalue weighted by Crippen LogP contribution is 2.21. The normalized spacial score (nSPS) is 10.4. The molecule has 3 rings (SSSR count). The van der Waals surface area contributed by atoms with Crippen LogP contribution in [0.1, 0.15) is 0 Å². The van der Waals surface area contributed by atoms with E-state index in [0.717, 1.165) is 21.8 Å². The van der Waals surface area contributed by atoms with Crippen LogP contribution < -0.4 is 5.32 Å². The summed E-state index contributed by atoms with van der Waals surface area (Å²) in [6.07, 6.45) is 3.73. The molecule has 0 aliphatic rings. The Kier molecular flexibility index (Phi) is 3.33. The third-order valence-electron chi connectivity index (χ3n) is 2.76. The van der Waals surface area contributed by atoms with Gasteiger partial charge in [0.15, 0.2) is 0 Å². The summed E-state index contributed by atoms with van der Waals surface area (Å²) in [5.41, 5.74) is 2.08. The van der Waals surface area contributed by atoms with Crippen molar-refractivity contribution in [3.05, 3.63) is 71.5 Å². The van der Waals surface area contributed by atoms with Gasteiger partial charge >= 0.3 is 0 Å². The van der Waals surface area contributed by atoms with E-state index in [1.807, 2.05) is 65.4 Å². The van der Waals surface area contributed by atoms with E-state index in [2.05, 4.69) is 26.2 Å².